The largest absolute Gasteiger partial charge is 0.385 e. The summed E-state index contributed by atoms with van der Waals surface area (Å²) in [6, 6.07) is 5.63. The monoisotopic (exact) mass is 258 g/mol. The molecule has 0 aliphatic rings. The predicted octanol–water partition coefficient (Wildman–Crippen LogP) is 2.22. The van der Waals surface area contributed by atoms with E-state index in [1.54, 1.807) is 20.3 Å². The van der Waals surface area contributed by atoms with Crippen LogP contribution in [0, 0.1) is 0 Å². The number of hydrogen-bond acceptors (Lipinski definition) is 4. The number of anilines is 1. The highest BCUT2D eigenvalue weighted by Gasteiger charge is 2.07. The maximum absolute atomic E-state index is 5.89. The van der Waals surface area contributed by atoms with E-state index in [1.165, 1.54) is 0 Å². The van der Waals surface area contributed by atoms with E-state index < -0.39 is 0 Å². The van der Waals surface area contributed by atoms with Crippen molar-refractivity contribution in [3.8, 4) is 0 Å². The first-order valence-corrected chi connectivity index (χ1v) is 6.01. The van der Waals surface area contributed by atoms with Gasteiger partial charge in [0.25, 0.3) is 0 Å². The van der Waals surface area contributed by atoms with Crippen molar-refractivity contribution in [1.29, 1.82) is 0 Å². The molecule has 0 bridgehead atoms. The Morgan fingerprint density at radius 3 is 2.59 bits per heavy atom. The molecule has 0 saturated carbocycles. The van der Waals surface area contributed by atoms with Crippen LogP contribution in [0.5, 0.6) is 0 Å². The Morgan fingerprint density at radius 1 is 1.18 bits per heavy atom. The standard InChI is InChI=1S/C12H19ClN2O2/c1-16-9-4-7-15(8-10-17-2)12-6-3-5-11(13)14-12/h3,5-6H,4,7-10H2,1-2H3. The number of hydrogen-bond donors (Lipinski definition) is 0. The molecule has 4 nitrogen and oxygen atoms in total. The van der Waals surface area contributed by atoms with E-state index in [-0.39, 0.29) is 0 Å². The van der Waals surface area contributed by atoms with E-state index in [9.17, 15) is 0 Å². The summed E-state index contributed by atoms with van der Waals surface area (Å²) in [5, 5.41) is 0.511. The number of rotatable bonds is 8. The van der Waals surface area contributed by atoms with Crippen molar-refractivity contribution in [3.63, 3.8) is 0 Å². The van der Waals surface area contributed by atoms with Gasteiger partial charge in [0.05, 0.1) is 6.61 Å². The number of halogens is 1. The molecule has 0 aliphatic carbocycles. The van der Waals surface area contributed by atoms with Gasteiger partial charge in [0.1, 0.15) is 11.0 Å². The summed E-state index contributed by atoms with van der Waals surface area (Å²) < 4.78 is 10.1. The average Bonchev–Trinajstić information content (AvgIpc) is 2.33. The zero-order chi connectivity index (χ0) is 12.5. The molecule has 0 radical (unpaired) electrons. The van der Waals surface area contributed by atoms with Gasteiger partial charge in [-0.1, -0.05) is 17.7 Å². The molecule has 96 valence electrons. The molecule has 0 unspecified atom stereocenters. The number of methoxy groups -OCH3 is 2. The van der Waals surface area contributed by atoms with Crippen LogP contribution in [-0.2, 0) is 9.47 Å². The summed E-state index contributed by atoms with van der Waals surface area (Å²) >= 11 is 5.89. The number of aromatic nitrogens is 1. The third kappa shape index (κ3) is 5.35. The topological polar surface area (TPSA) is 34.6 Å². The zero-order valence-electron chi connectivity index (χ0n) is 10.4. The van der Waals surface area contributed by atoms with Gasteiger partial charge in [0, 0.05) is 33.9 Å². The normalized spacial score (nSPS) is 10.5. The molecular weight excluding hydrogens is 240 g/mol. The lowest BCUT2D eigenvalue weighted by Gasteiger charge is -2.23. The van der Waals surface area contributed by atoms with Gasteiger partial charge in [-0.2, -0.15) is 0 Å². The minimum absolute atomic E-state index is 0.511. The Kier molecular flexibility index (Phi) is 6.93. The highest BCUT2D eigenvalue weighted by molar-refractivity contribution is 6.29. The van der Waals surface area contributed by atoms with Crippen LogP contribution in [0.1, 0.15) is 6.42 Å². The van der Waals surface area contributed by atoms with Gasteiger partial charge in [-0.05, 0) is 18.6 Å². The van der Waals surface area contributed by atoms with Gasteiger partial charge in [0.15, 0.2) is 0 Å². The first-order valence-electron chi connectivity index (χ1n) is 5.63. The van der Waals surface area contributed by atoms with Crippen LogP contribution in [0.2, 0.25) is 5.15 Å². The maximum Gasteiger partial charge on any atom is 0.131 e. The fourth-order valence-corrected chi connectivity index (χ4v) is 1.68. The van der Waals surface area contributed by atoms with Crippen LogP contribution in [0.15, 0.2) is 18.2 Å². The van der Waals surface area contributed by atoms with Gasteiger partial charge in [-0.3, -0.25) is 0 Å². The lowest BCUT2D eigenvalue weighted by Crippen LogP contribution is -2.29. The van der Waals surface area contributed by atoms with Crippen LogP contribution in [0.4, 0.5) is 5.82 Å². The van der Waals surface area contributed by atoms with Gasteiger partial charge in [-0.15, -0.1) is 0 Å². The molecule has 0 spiro atoms. The van der Waals surface area contributed by atoms with Crippen molar-refractivity contribution >= 4 is 17.4 Å². The SMILES string of the molecule is COCCCN(CCOC)c1cccc(Cl)n1. The molecule has 0 aliphatic heterocycles. The van der Waals surface area contributed by atoms with Gasteiger partial charge in [-0.25, -0.2) is 4.98 Å². The van der Waals surface area contributed by atoms with E-state index in [2.05, 4.69) is 9.88 Å². The summed E-state index contributed by atoms with van der Waals surface area (Å²) in [6.45, 7) is 3.09. The molecule has 0 saturated heterocycles. The lowest BCUT2D eigenvalue weighted by atomic mass is 10.3. The van der Waals surface area contributed by atoms with Crippen LogP contribution in [0.25, 0.3) is 0 Å². The van der Waals surface area contributed by atoms with E-state index in [1.807, 2.05) is 12.1 Å². The predicted molar refractivity (Wildman–Crippen MR) is 69.8 cm³/mol. The zero-order valence-corrected chi connectivity index (χ0v) is 11.1. The van der Waals surface area contributed by atoms with Gasteiger partial charge in [0.2, 0.25) is 0 Å². The quantitative estimate of drug-likeness (QED) is 0.529. The number of pyridine rings is 1. The highest BCUT2D eigenvalue weighted by atomic mass is 35.5. The smallest absolute Gasteiger partial charge is 0.131 e. The molecule has 1 aromatic heterocycles. The summed E-state index contributed by atoms with van der Waals surface area (Å²) in [5.74, 6) is 0.880. The third-order valence-electron chi connectivity index (χ3n) is 2.37. The van der Waals surface area contributed by atoms with Crippen LogP contribution in [-0.4, -0.2) is 45.5 Å². The van der Waals surface area contributed by atoms with Crippen molar-refractivity contribution in [2.45, 2.75) is 6.42 Å². The summed E-state index contributed by atoms with van der Waals surface area (Å²) in [5.41, 5.74) is 0. The van der Waals surface area contributed by atoms with Gasteiger partial charge >= 0.3 is 0 Å². The fraction of sp³-hybridized carbons (Fsp3) is 0.583. The van der Waals surface area contributed by atoms with Gasteiger partial charge < -0.3 is 14.4 Å². The molecule has 0 fully saturated rings. The van der Waals surface area contributed by atoms with Crippen molar-refractivity contribution in [2.24, 2.45) is 0 Å². The molecule has 5 heteroatoms. The first kappa shape index (κ1) is 14.2. The van der Waals surface area contributed by atoms with Crippen molar-refractivity contribution in [2.75, 3.05) is 45.4 Å². The average molecular weight is 259 g/mol. The highest BCUT2D eigenvalue weighted by Crippen LogP contribution is 2.14. The molecule has 0 amide bonds. The molecule has 17 heavy (non-hydrogen) atoms. The van der Waals surface area contributed by atoms with Crippen molar-refractivity contribution in [1.82, 2.24) is 4.98 Å². The molecule has 0 atom stereocenters. The Hall–Kier alpha value is -0.840. The minimum atomic E-state index is 0.511. The molecule has 1 aromatic rings. The summed E-state index contributed by atoms with van der Waals surface area (Å²) in [6.07, 6.45) is 0.953. The minimum Gasteiger partial charge on any atom is -0.385 e. The Labute approximate surface area is 107 Å². The molecule has 1 rings (SSSR count). The van der Waals surface area contributed by atoms with Crippen LogP contribution < -0.4 is 4.90 Å². The Bertz CT molecular complexity index is 323. The van der Waals surface area contributed by atoms with Crippen molar-refractivity contribution < 1.29 is 9.47 Å². The van der Waals surface area contributed by atoms with Crippen molar-refractivity contribution in [3.05, 3.63) is 23.4 Å². The Balaban J connectivity index is 2.60. The summed E-state index contributed by atoms with van der Waals surface area (Å²) in [7, 11) is 3.40. The second-order valence-electron chi connectivity index (χ2n) is 3.64. The van der Waals surface area contributed by atoms with E-state index >= 15 is 0 Å². The van der Waals surface area contributed by atoms with E-state index in [0.717, 1.165) is 31.9 Å². The molecule has 0 aromatic carbocycles. The second kappa shape index (κ2) is 8.28. The van der Waals surface area contributed by atoms with Crippen LogP contribution in [0.3, 0.4) is 0 Å². The molecule has 0 N–H and O–H groups in total. The third-order valence-corrected chi connectivity index (χ3v) is 2.58. The van der Waals surface area contributed by atoms with E-state index in [0.29, 0.717) is 11.8 Å². The van der Waals surface area contributed by atoms with E-state index in [4.69, 9.17) is 21.1 Å². The number of nitrogens with zero attached hydrogens (tertiary/aromatic N) is 2. The molecular formula is C12H19ClN2O2. The fourth-order valence-electron chi connectivity index (χ4n) is 1.52. The number of ether oxygens (including phenoxy) is 2. The molecule has 1 heterocycles. The Morgan fingerprint density at radius 2 is 1.94 bits per heavy atom. The first-order chi connectivity index (χ1) is 8.27. The lowest BCUT2D eigenvalue weighted by molar-refractivity contribution is 0.191. The van der Waals surface area contributed by atoms with Crippen LogP contribution >= 0.6 is 11.6 Å². The second-order valence-corrected chi connectivity index (χ2v) is 4.03. The summed E-state index contributed by atoms with van der Waals surface area (Å²) in [4.78, 5) is 6.45. The maximum atomic E-state index is 5.89.